The number of hydrogen-bond donors (Lipinski definition) is 2. The molecule has 4 rings (SSSR count). The normalized spacial score (nSPS) is 10.5. The van der Waals surface area contributed by atoms with E-state index in [1.54, 1.807) is 0 Å². The Hall–Kier alpha value is -4.20. The zero-order chi connectivity index (χ0) is 23.0. The summed E-state index contributed by atoms with van der Waals surface area (Å²) in [7, 11) is 2.78. The van der Waals surface area contributed by atoms with Crippen LogP contribution >= 0.6 is 0 Å². The first-order chi connectivity index (χ1) is 15.3. The van der Waals surface area contributed by atoms with E-state index < -0.39 is 23.5 Å². The van der Waals surface area contributed by atoms with E-state index in [0.717, 1.165) is 0 Å². The van der Waals surface area contributed by atoms with Crippen molar-refractivity contribution in [3.8, 4) is 28.2 Å². The molecular formula is C25H21F2NO5. The molecule has 0 bridgehead atoms. The number of amides is 1. The third-order valence-corrected chi connectivity index (χ3v) is 5.09. The third-order valence-electron chi connectivity index (χ3n) is 5.09. The number of furan rings is 1. The zero-order valence-corrected chi connectivity index (χ0v) is 17.0. The number of hydrogen-bond acceptors (Lipinski definition) is 4. The second kappa shape index (κ2) is 9.12. The maximum atomic E-state index is 15.9. The molecule has 0 radical (unpaired) electrons. The van der Waals surface area contributed by atoms with Gasteiger partial charge in [0, 0.05) is 23.7 Å². The molecule has 0 atom stereocenters. The van der Waals surface area contributed by atoms with Gasteiger partial charge in [-0.05, 0) is 54.6 Å². The maximum absolute atomic E-state index is 15.9. The van der Waals surface area contributed by atoms with Crippen LogP contribution in [0.1, 0.15) is 28.1 Å². The summed E-state index contributed by atoms with van der Waals surface area (Å²) in [5.41, 5.74) is 0.645. The van der Waals surface area contributed by atoms with E-state index in [0.29, 0.717) is 5.56 Å². The van der Waals surface area contributed by atoms with Gasteiger partial charge in [-0.15, -0.1) is 0 Å². The van der Waals surface area contributed by atoms with E-state index in [4.69, 9.17) is 9.15 Å². The number of rotatable bonds is 5. The van der Waals surface area contributed by atoms with E-state index in [-0.39, 0.29) is 52.2 Å². The molecule has 1 aromatic heterocycles. The lowest BCUT2D eigenvalue weighted by atomic mass is 9.97. The van der Waals surface area contributed by atoms with Crippen molar-refractivity contribution in [3.05, 3.63) is 77.4 Å². The highest BCUT2D eigenvalue weighted by molar-refractivity contribution is 6.12. The van der Waals surface area contributed by atoms with Crippen LogP contribution < -0.4 is 10.1 Å². The highest BCUT2D eigenvalue weighted by Crippen LogP contribution is 2.40. The Bertz CT molecular complexity index is 1360. The molecule has 0 aliphatic heterocycles. The fraction of sp³-hybridized carbons (Fsp3) is 0.120. The van der Waals surface area contributed by atoms with Crippen LogP contribution in [0.2, 0.25) is 0 Å². The molecule has 1 amide bonds. The SMILES string of the molecule is C.CNC(=O)c1c(-c2ccc(F)cc2)oc2ccc(-c3cc(C(=O)O)ccc3OC)c(F)c12. The van der Waals surface area contributed by atoms with Gasteiger partial charge in [0.15, 0.2) is 0 Å². The standard InChI is InChI=1S/C24H17F2NO5.CH4/c1-27-23(28)20-19-18(32-22(20)12-3-6-14(25)7-4-12)10-8-15(21(19)26)16-11-13(24(29)30)5-9-17(16)31-2;/h3-11H,1-2H3,(H,27,28)(H,29,30);1H4. The van der Waals surface area contributed by atoms with Crippen LogP contribution in [-0.4, -0.2) is 31.1 Å². The van der Waals surface area contributed by atoms with Gasteiger partial charge in [-0.3, -0.25) is 4.79 Å². The number of carboxylic acid groups (broad SMARTS) is 1. The van der Waals surface area contributed by atoms with Crippen LogP contribution in [0.4, 0.5) is 8.78 Å². The first-order valence-electron chi connectivity index (χ1n) is 9.50. The van der Waals surface area contributed by atoms with Crippen LogP contribution in [0.3, 0.4) is 0 Å². The highest BCUT2D eigenvalue weighted by Gasteiger charge is 2.26. The van der Waals surface area contributed by atoms with Crippen molar-refractivity contribution in [2.24, 2.45) is 0 Å². The summed E-state index contributed by atoms with van der Waals surface area (Å²) >= 11 is 0. The molecule has 2 N–H and O–H groups in total. The molecule has 170 valence electrons. The molecular weight excluding hydrogens is 432 g/mol. The molecule has 4 aromatic rings. The molecule has 0 saturated carbocycles. The number of fused-ring (bicyclic) bond motifs is 1. The van der Waals surface area contributed by atoms with Crippen LogP contribution in [0.25, 0.3) is 33.4 Å². The lowest BCUT2D eigenvalue weighted by Gasteiger charge is -2.11. The van der Waals surface area contributed by atoms with Gasteiger partial charge in [0.05, 0.1) is 23.6 Å². The third kappa shape index (κ3) is 4.03. The molecule has 3 aromatic carbocycles. The van der Waals surface area contributed by atoms with Crippen molar-refractivity contribution in [2.75, 3.05) is 14.2 Å². The summed E-state index contributed by atoms with van der Waals surface area (Å²) < 4.78 is 40.3. The number of methoxy groups -OCH3 is 1. The number of aromatic carboxylic acids is 1. The Labute approximate surface area is 188 Å². The monoisotopic (exact) mass is 453 g/mol. The van der Waals surface area contributed by atoms with Crippen molar-refractivity contribution in [1.82, 2.24) is 5.32 Å². The van der Waals surface area contributed by atoms with Gasteiger partial charge < -0.3 is 19.6 Å². The summed E-state index contributed by atoms with van der Waals surface area (Å²) in [5, 5.41) is 11.7. The number of benzene rings is 3. The van der Waals surface area contributed by atoms with Crippen LogP contribution in [-0.2, 0) is 0 Å². The van der Waals surface area contributed by atoms with Gasteiger partial charge in [0.2, 0.25) is 0 Å². The molecule has 0 aliphatic carbocycles. The second-order valence-corrected chi connectivity index (χ2v) is 6.91. The maximum Gasteiger partial charge on any atom is 0.335 e. The van der Waals surface area contributed by atoms with Crippen molar-refractivity contribution in [3.63, 3.8) is 0 Å². The molecule has 0 spiro atoms. The lowest BCUT2D eigenvalue weighted by Crippen LogP contribution is -2.18. The van der Waals surface area contributed by atoms with Crippen LogP contribution in [0, 0.1) is 11.6 Å². The Morgan fingerprint density at radius 3 is 2.30 bits per heavy atom. The summed E-state index contributed by atoms with van der Waals surface area (Å²) in [6.45, 7) is 0. The first kappa shape index (κ1) is 23.5. The van der Waals surface area contributed by atoms with E-state index in [1.165, 1.54) is 68.8 Å². The second-order valence-electron chi connectivity index (χ2n) is 6.91. The van der Waals surface area contributed by atoms with Crippen molar-refractivity contribution in [2.45, 2.75) is 7.43 Å². The highest BCUT2D eigenvalue weighted by atomic mass is 19.1. The minimum Gasteiger partial charge on any atom is -0.496 e. The number of carboxylic acids is 1. The van der Waals surface area contributed by atoms with E-state index in [1.807, 2.05) is 0 Å². The lowest BCUT2D eigenvalue weighted by molar-refractivity contribution is 0.0696. The number of carbonyl (C=O) groups excluding carboxylic acids is 1. The quantitative estimate of drug-likeness (QED) is 0.402. The largest absolute Gasteiger partial charge is 0.496 e. The topological polar surface area (TPSA) is 88.8 Å². The first-order valence-corrected chi connectivity index (χ1v) is 9.50. The predicted molar refractivity (Wildman–Crippen MR) is 121 cm³/mol. The van der Waals surface area contributed by atoms with E-state index in [2.05, 4.69) is 5.32 Å². The number of carbonyl (C=O) groups is 2. The number of halogens is 2. The molecule has 0 saturated heterocycles. The Kier molecular flexibility index (Phi) is 6.48. The summed E-state index contributed by atoms with van der Waals surface area (Å²) in [6, 6.07) is 12.3. The Morgan fingerprint density at radius 2 is 1.70 bits per heavy atom. The van der Waals surface area contributed by atoms with Gasteiger partial charge in [-0.25, -0.2) is 13.6 Å². The number of ether oxygens (including phenoxy) is 1. The van der Waals surface area contributed by atoms with Crippen molar-refractivity contribution in [1.29, 1.82) is 0 Å². The summed E-state index contributed by atoms with van der Waals surface area (Å²) in [6.07, 6.45) is 0. The zero-order valence-electron chi connectivity index (χ0n) is 17.0. The van der Waals surface area contributed by atoms with Gasteiger partial charge in [-0.1, -0.05) is 7.43 Å². The van der Waals surface area contributed by atoms with Crippen LogP contribution in [0.5, 0.6) is 5.75 Å². The summed E-state index contributed by atoms with van der Waals surface area (Å²) in [5.74, 6) is -2.67. The smallest absolute Gasteiger partial charge is 0.335 e. The van der Waals surface area contributed by atoms with Gasteiger partial charge >= 0.3 is 5.97 Å². The molecule has 8 heteroatoms. The van der Waals surface area contributed by atoms with Crippen molar-refractivity contribution < 1.29 is 32.6 Å². The fourth-order valence-corrected chi connectivity index (χ4v) is 3.56. The minimum atomic E-state index is -1.18. The van der Waals surface area contributed by atoms with Crippen molar-refractivity contribution >= 4 is 22.8 Å². The van der Waals surface area contributed by atoms with Gasteiger partial charge in [0.1, 0.15) is 28.7 Å². The van der Waals surface area contributed by atoms with Gasteiger partial charge in [0.25, 0.3) is 5.91 Å². The average Bonchev–Trinajstić information content (AvgIpc) is 3.19. The van der Waals surface area contributed by atoms with Crippen LogP contribution in [0.15, 0.2) is 59.0 Å². The summed E-state index contributed by atoms with van der Waals surface area (Å²) in [4.78, 5) is 24.1. The molecule has 0 unspecified atom stereocenters. The average molecular weight is 453 g/mol. The molecule has 0 aliphatic rings. The van der Waals surface area contributed by atoms with E-state index in [9.17, 15) is 19.1 Å². The Balaban J connectivity index is 0.00000306. The van der Waals surface area contributed by atoms with E-state index >= 15 is 4.39 Å². The Morgan fingerprint density at radius 1 is 1.00 bits per heavy atom. The minimum absolute atomic E-state index is 0. The molecule has 0 fully saturated rings. The predicted octanol–water partition coefficient (Wildman–Crippen LogP) is 5.75. The fourth-order valence-electron chi connectivity index (χ4n) is 3.56. The number of nitrogens with one attached hydrogen (secondary N) is 1. The molecule has 6 nitrogen and oxygen atoms in total. The van der Waals surface area contributed by atoms with Gasteiger partial charge in [-0.2, -0.15) is 0 Å². The molecule has 1 heterocycles. The molecule has 33 heavy (non-hydrogen) atoms.